The minimum atomic E-state index is -4.53. The summed E-state index contributed by atoms with van der Waals surface area (Å²) in [5.41, 5.74) is -0.782. The molecule has 10 heteroatoms. The zero-order valence-corrected chi connectivity index (χ0v) is 14.1. The van der Waals surface area contributed by atoms with E-state index in [1.807, 2.05) is 20.8 Å². The lowest BCUT2D eigenvalue weighted by Crippen LogP contribution is -2.32. The number of aryl methyl sites for hydroxylation is 1. The van der Waals surface area contributed by atoms with Crippen molar-refractivity contribution in [2.75, 3.05) is 5.32 Å². The first-order valence-corrected chi connectivity index (χ1v) is 7.92. The number of hydrogen-bond acceptors (Lipinski definition) is 4. The third-order valence-electron chi connectivity index (χ3n) is 4.20. The lowest BCUT2D eigenvalue weighted by atomic mass is 9.85. The summed E-state index contributed by atoms with van der Waals surface area (Å²) in [6.07, 6.45) is -2.41. The van der Waals surface area contributed by atoms with Crippen molar-refractivity contribution in [1.82, 2.24) is 25.0 Å². The van der Waals surface area contributed by atoms with Crippen LogP contribution in [-0.2, 0) is 29.4 Å². The van der Waals surface area contributed by atoms with Crippen molar-refractivity contribution >= 4 is 11.9 Å². The minimum Gasteiger partial charge on any atom is -0.294 e. The van der Waals surface area contributed by atoms with E-state index in [1.165, 1.54) is 6.33 Å². The van der Waals surface area contributed by atoms with Crippen LogP contribution in [0.5, 0.6) is 0 Å². The van der Waals surface area contributed by atoms with Gasteiger partial charge in [0.15, 0.2) is 5.69 Å². The number of hydrogen-bond donors (Lipinski definition) is 2. The van der Waals surface area contributed by atoms with Gasteiger partial charge >= 0.3 is 6.18 Å². The van der Waals surface area contributed by atoms with Gasteiger partial charge in [-0.1, -0.05) is 0 Å². The van der Waals surface area contributed by atoms with Crippen LogP contribution in [0, 0.1) is 5.92 Å². The highest BCUT2D eigenvalue weighted by Gasteiger charge is 2.40. The van der Waals surface area contributed by atoms with Gasteiger partial charge in [0.05, 0.1) is 5.54 Å². The lowest BCUT2D eigenvalue weighted by molar-refractivity contribution is -0.142. The van der Waals surface area contributed by atoms with Crippen molar-refractivity contribution in [3.05, 3.63) is 23.3 Å². The number of anilines is 1. The maximum Gasteiger partial charge on any atom is 0.435 e. The first-order valence-electron chi connectivity index (χ1n) is 7.92. The summed E-state index contributed by atoms with van der Waals surface area (Å²) in [7, 11) is 0. The second-order valence-corrected chi connectivity index (χ2v) is 7.12. The van der Waals surface area contributed by atoms with Gasteiger partial charge in [-0.3, -0.25) is 15.2 Å². The summed E-state index contributed by atoms with van der Waals surface area (Å²) >= 11 is 0. The van der Waals surface area contributed by atoms with Crippen LogP contribution in [0.4, 0.5) is 19.1 Å². The number of alkyl halides is 3. The Kier molecular flexibility index (Phi) is 4.08. The second kappa shape index (κ2) is 5.85. The largest absolute Gasteiger partial charge is 0.435 e. The number of H-pyrrole nitrogens is 1. The molecule has 1 atom stereocenters. The number of carbonyl (C=O) groups excluding carboxylic acids is 1. The number of amides is 1. The molecule has 2 aromatic rings. The Hall–Kier alpha value is -2.39. The number of nitrogens with one attached hydrogen (secondary N) is 2. The molecule has 136 valence electrons. The summed E-state index contributed by atoms with van der Waals surface area (Å²) < 4.78 is 40.6. The molecule has 7 nitrogen and oxygen atoms in total. The Morgan fingerprint density at radius 3 is 2.72 bits per heavy atom. The van der Waals surface area contributed by atoms with E-state index < -0.39 is 17.8 Å². The van der Waals surface area contributed by atoms with Crippen LogP contribution < -0.4 is 5.32 Å². The predicted molar refractivity (Wildman–Crippen MR) is 82.8 cm³/mol. The topological polar surface area (TPSA) is 88.5 Å². The highest BCUT2D eigenvalue weighted by atomic mass is 19.4. The monoisotopic (exact) mass is 356 g/mol. The molecule has 2 N–H and O–H groups in total. The fraction of sp³-hybridized carbons (Fsp3) is 0.600. The maximum absolute atomic E-state index is 13.0. The van der Waals surface area contributed by atoms with Crippen LogP contribution in [0.2, 0.25) is 0 Å². The smallest absolute Gasteiger partial charge is 0.294 e. The van der Waals surface area contributed by atoms with Gasteiger partial charge in [-0.05, 0) is 40.0 Å². The zero-order valence-electron chi connectivity index (χ0n) is 14.1. The predicted octanol–water partition coefficient (Wildman–Crippen LogP) is 2.52. The third kappa shape index (κ3) is 3.38. The molecule has 1 aliphatic rings. The minimum absolute atomic E-state index is 0.00380. The van der Waals surface area contributed by atoms with Crippen molar-refractivity contribution in [2.24, 2.45) is 5.92 Å². The summed E-state index contributed by atoms with van der Waals surface area (Å²) in [5, 5.41) is 12.6. The van der Waals surface area contributed by atoms with Crippen LogP contribution in [0.15, 0.2) is 6.33 Å². The standard InChI is InChI=1S/C15H19F3N6O/c1-14(2,3)24-13(19-7-20-24)21-12(25)8-4-5-10-9(6-8)11(23-22-10)15(16,17)18/h7-8H,4-6H2,1-3H3,(H,22,23)(H,19,20,21,25). The van der Waals surface area contributed by atoms with Crippen molar-refractivity contribution in [1.29, 1.82) is 0 Å². The molecule has 25 heavy (non-hydrogen) atoms. The van der Waals surface area contributed by atoms with Crippen molar-refractivity contribution in [3.8, 4) is 0 Å². The molecular weight excluding hydrogens is 337 g/mol. The quantitative estimate of drug-likeness (QED) is 0.865. The van der Waals surface area contributed by atoms with Crippen molar-refractivity contribution in [3.63, 3.8) is 0 Å². The molecule has 0 aliphatic heterocycles. The number of aromatic nitrogens is 5. The number of aromatic amines is 1. The molecule has 0 saturated carbocycles. The Balaban J connectivity index is 1.78. The summed E-state index contributed by atoms with van der Waals surface area (Å²) in [5.74, 6) is -0.652. The maximum atomic E-state index is 13.0. The van der Waals surface area contributed by atoms with E-state index in [4.69, 9.17) is 0 Å². The Labute approximate surface area is 142 Å². The van der Waals surface area contributed by atoms with Gasteiger partial charge in [-0.2, -0.15) is 28.4 Å². The average Bonchev–Trinajstić information content (AvgIpc) is 3.11. The molecule has 2 aromatic heterocycles. The molecule has 1 unspecified atom stereocenters. The lowest BCUT2D eigenvalue weighted by Gasteiger charge is -2.24. The zero-order chi connectivity index (χ0) is 18.4. The summed E-state index contributed by atoms with van der Waals surface area (Å²) in [6.45, 7) is 5.72. The fourth-order valence-corrected chi connectivity index (χ4v) is 2.98. The molecule has 3 rings (SSSR count). The summed E-state index contributed by atoms with van der Waals surface area (Å²) in [4.78, 5) is 16.6. The highest BCUT2D eigenvalue weighted by molar-refractivity contribution is 5.91. The summed E-state index contributed by atoms with van der Waals surface area (Å²) in [6, 6.07) is 0. The van der Waals surface area contributed by atoms with E-state index in [9.17, 15) is 18.0 Å². The molecule has 0 saturated heterocycles. The highest BCUT2D eigenvalue weighted by Crippen LogP contribution is 2.36. The van der Waals surface area contributed by atoms with Crippen LogP contribution in [0.3, 0.4) is 0 Å². The van der Waals surface area contributed by atoms with Crippen LogP contribution in [0.1, 0.15) is 44.1 Å². The van der Waals surface area contributed by atoms with Crippen LogP contribution in [0.25, 0.3) is 0 Å². The van der Waals surface area contributed by atoms with E-state index in [0.29, 0.717) is 18.5 Å². The van der Waals surface area contributed by atoms with E-state index in [2.05, 4.69) is 25.6 Å². The van der Waals surface area contributed by atoms with Gasteiger partial charge in [0, 0.05) is 17.2 Å². The fourth-order valence-electron chi connectivity index (χ4n) is 2.98. The average molecular weight is 356 g/mol. The number of carbonyl (C=O) groups is 1. The van der Waals surface area contributed by atoms with Crippen LogP contribution >= 0.6 is 0 Å². The van der Waals surface area contributed by atoms with Crippen LogP contribution in [-0.4, -0.2) is 30.9 Å². The van der Waals surface area contributed by atoms with Gasteiger partial charge in [-0.25, -0.2) is 4.68 Å². The van der Waals surface area contributed by atoms with E-state index in [-0.39, 0.29) is 29.4 Å². The van der Waals surface area contributed by atoms with E-state index in [0.717, 1.165) is 0 Å². The molecule has 0 radical (unpaired) electrons. The number of nitrogens with zero attached hydrogens (tertiary/aromatic N) is 4. The van der Waals surface area contributed by atoms with Crippen molar-refractivity contribution < 1.29 is 18.0 Å². The van der Waals surface area contributed by atoms with Gasteiger partial charge < -0.3 is 0 Å². The molecular formula is C15H19F3N6O. The van der Waals surface area contributed by atoms with Gasteiger partial charge in [-0.15, -0.1) is 0 Å². The molecule has 2 heterocycles. The first-order chi connectivity index (χ1) is 11.6. The molecule has 1 amide bonds. The van der Waals surface area contributed by atoms with E-state index >= 15 is 0 Å². The first kappa shape index (κ1) is 17.4. The second-order valence-electron chi connectivity index (χ2n) is 7.12. The van der Waals surface area contributed by atoms with E-state index in [1.54, 1.807) is 4.68 Å². The molecule has 0 aromatic carbocycles. The number of rotatable bonds is 2. The normalized spacial score (nSPS) is 18.1. The molecule has 0 spiro atoms. The number of fused-ring (bicyclic) bond motifs is 1. The number of halogens is 3. The van der Waals surface area contributed by atoms with Gasteiger partial charge in [0.25, 0.3) is 0 Å². The Morgan fingerprint density at radius 2 is 2.08 bits per heavy atom. The van der Waals surface area contributed by atoms with Crippen molar-refractivity contribution in [2.45, 2.75) is 51.7 Å². The SMILES string of the molecule is CC(C)(C)n1ncnc1NC(=O)C1CCc2[nH]nc(C(F)(F)F)c2C1. The van der Waals surface area contributed by atoms with Gasteiger partial charge in [0.2, 0.25) is 11.9 Å². The third-order valence-corrected chi connectivity index (χ3v) is 4.20. The molecule has 0 bridgehead atoms. The Morgan fingerprint density at radius 1 is 1.36 bits per heavy atom. The molecule has 0 fully saturated rings. The molecule has 1 aliphatic carbocycles. The Bertz CT molecular complexity index is 786. The van der Waals surface area contributed by atoms with Gasteiger partial charge in [0.1, 0.15) is 6.33 Å².